The topological polar surface area (TPSA) is 62.7 Å². The number of nitriles is 1. The van der Waals surface area contributed by atoms with E-state index in [1.54, 1.807) is 0 Å². The fourth-order valence-electron chi connectivity index (χ4n) is 3.03. The standard InChI is InChI=1S/C17H17N3O/c1-10(12-6-7-12)16-19-17(21-20-16)15-8-14(15)13-4-2-11(9-18)3-5-13/h2-5,10,12,14-15H,6-8H2,1H3/t10-,14+,15+/m0/s1. The molecule has 3 atom stereocenters. The highest BCUT2D eigenvalue weighted by atomic mass is 16.5. The fraction of sp³-hybridized carbons (Fsp3) is 0.471. The Labute approximate surface area is 123 Å². The second-order valence-electron chi connectivity index (χ2n) is 6.30. The van der Waals surface area contributed by atoms with Crippen LogP contribution in [0.1, 0.15) is 66.8 Å². The molecule has 4 heteroatoms. The van der Waals surface area contributed by atoms with Gasteiger partial charge in [-0.2, -0.15) is 10.2 Å². The van der Waals surface area contributed by atoms with Crippen LogP contribution >= 0.6 is 0 Å². The van der Waals surface area contributed by atoms with Gasteiger partial charge >= 0.3 is 0 Å². The second-order valence-corrected chi connectivity index (χ2v) is 6.30. The van der Waals surface area contributed by atoms with E-state index >= 15 is 0 Å². The molecule has 2 saturated carbocycles. The molecule has 2 fully saturated rings. The van der Waals surface area contributed by atoms with Crippen LogP contribution in [-0.4, -0.2) is 10.1 Å². The van der Waals surface area contributed by atoms with Crippen LogP contribution in [0.5, 0.6) is 0 Å². The summed E-state index contributed by atoms with van der Waals surface area (Å²) >= 11 is 0. The highest BCUT2D eigenvalue weighted by molar-refractivity contribution is 5.37. The molecule has 2 aliphatic rings. The van der Waals surface area contributed by atoms with Gasteiger partial charge in [-0.05, 0) is 48.8 Å². The minimum Gasteiger partial charge on any atom is -0.339 e. The fourth-order valence-corrected chi connectivity index (χ4v) is 3.03. The lowest BCUT2D eigenvalue weighted by Gasteiger charge is -2.01. The van der Waals surface area contributed by atoms with E-state index in [1.165, 1.54) is 18.4 Å². The summed E-state index contributed by atoms with van der Waals surface area (Å²) in [5.41, 5.74) is 1.96. The van der Waals surface area contributed by atoms with E-state index in [0.29, 0.717) is 23.3 Å². The van der Waals surface area contributed by atoms with Gasteiger partial charge in [0.15, 0.2) is 5.82 Å². The summed E-state index contributed by atoms with van der Waals surface area (Å²) in [7, 11) is 0. The van der Waals surface area contributed by atoms with Crippen LogP contribution in [0.15, 0.2) is 28.8 Å². The van der Waals surface area contributed by atoms with Crippen molar-refractivity contribution >= 4 is 0 Å². The first-order valence-electron chi connectivity index (χ1n) is 7.60. The molecule has 0 radical (unpaired) electrons. The summed E-state index contributed by atoms with van der Waals surface area (Å²) in [5, 5.41) is 13.0. The first-order valence-corrected chi connectivity index (χ1v) is 7.60. The minimum absolute atomic E-state index is 0.352. The number of hydrogen-bond donors (Lipinski definition) is 0. The zero-order valence-electron chi connectivity index (χ0n) is 12.0. The van der Waals surface area contributed by atoms with Gasteiger partial charge < -0.3 is 4.52 Å². The summed E-state index contributed by atoms with van der Waals surface area (Å²) in [6.07, 6.45) is 3.65. The summed E-state index contributed by atoms with van der Waals surface area (Å²) in [5.74, 6) is 3.65. The summed E-state index contributed by atoms with van der Waals surface area (Å²) < 4.78 is 5.47. The molecule has 0 spiro atoms. The number of rotatable bonds is 4. The Balaban J connectivity index is 1.47. The Morgan fingerprint density at radius 1 is 1.24 bits per heavy atom. The lowest BCUT2D eigenvalue weighted by atomic mass is 10.1. The van der Waals surface area contributed by atoms with Gasteiger partial charge in [-0.3, -0.25) is 0 Å². The maximum absolute atomic E-state index is 8.83. The van der Waals surface area contributed by atoms with Crippen LogP contribution in [0.2, 0.25) is 0 Å². The van der Waals surface area contributed by atoms with Crippen molar-refractivity contribution in [2.24, 2.45) is 5.92 Å². The third kappa shape index (κ3) is 2.33. The number of nitrogens with zero attached hydrogens (tertiary/aromatic N) is 3. The van der Waals surface area contributed by atoms with Crippen LogP contribution in [0.3, 0.4) is 0 Å². The van der Waals surface area contributed by atoms with Crippen molar-refractivity contribution in [1.29, 1.82) is 5.26 Å². The third-order valence-electron chi connectivity index (χ3n) is 4.77. The summed E-state index contributed by atoms with van der Waals surface area (Å²) in [6.45, 7) is 2.19. The molecule has 0 bridgehead atoms. The quantitative estimate of drug-likeness (QED) is 0.855. The Bertz CT molecular complexity index is 694. The number of benzene rings is 1. The molecule has 2 aliphatic carbocycles. The Morgan fingerprint density at radius 2 is 2.00 bits per heavy atom. The van der Waals surface area contributed by atoms with Crippen LogP contribution in [0.4, 0.5) is 0 Å². The Hall–Kier alpha value is -2.15. The molecular weight excluding hydrogens is 262 g/mol. The zero-order valence-corrected chi connectivity index (χ0v) is 12.0. The van der Waals surface area contributed by atoms with Gasteiger partial charge in [-0.1, -0.05) is 24.2 Å². The molecule has 4 nitrogen and oxygen atoms in total. The van der Waals surface area contributed by atoms with Crippen LogP contribution in [0, 0.1) is 17.2 Å². The molecule has 4 rings (SSSR count). The van der Waals surface area contributed by atoms with E-state index in [2.05, 4.69) is 23.1 Å². The first kappa shape index (κ1) is 12.6. The van der Waals surface area contributed by atoms with Crippen molar-refractivity contribution in [2.45, 2.75) is 43.9 Å². The second kappa shape index (κ2) is 4.70. The average molecular weight is 279 g/mol. The Kier molecular flexibility index (Phi) is 2.81. The van der Waals surface area contributed by atoms with Gasteiger partial charge in [0.05, 0.1) is 11.6 Å². The summed E-state index contributed by atoms with van der Waals surface area (Å²) in [4.78, 5) is 4.61. The lowest BCUT2D eigenvalue weighted by molar-refractivity contribution is 0.368. The van der Waals surface area contributed by atoms with Crippen molar-refractivity contribution < 1.29 is 4.52 Å². The monoisotopic (exact) mass is 279 g/mol. The van der Waals surface area contributed by atoms with E-state index in [0.717, 1.165) is 24.1 Å². The SMILES string of the molecule is C[C@H](c1noc([C@@H]2C[C@@H]2c2ccc(C#N)cc2)n1)C1CC1. The molecule has 106 valence electrons. The molecule has 2 aromatic rings. The highest BCUT2D eigenvalue weighted by Gasteiger charge is 2.44. The van der Waals surface area contributed by atoms with Gasteiger partial charge in [-0.25, -0.2) is 0 Å². The average Bonchev–Trinajstić information content (AvgIpc) is 3.45. The smallest absolute Gasteiger partial charge is 0.230 e. The molecule has 0 unspecified atom stereocenters. The van der Waals surface area contributed by atoms with Crippen LogP contribution in [-0.2, 0) is 0 Å². The van der Waals surface area contributed by atoms with Crippen molar-refractivity contribution in [3.63, 3.8) is 0 Å². The number of hydrogen-bond acceptors (Lipinski definition) is 4. The van der Waals surface area contributed by atoms with Crippen molar-refractivity contribution in [3.8, 4) is 6.07 Å². The van der Waals surface area contributed by atoms with Gasteiger partial charge in [0.25, 0.3) is 0 Å². The van der Waals surface area contributed by atoms with E-state index in [4.69, 9.17) is 9.78 Å². The predicted molar refractivity (Wildman–Crippen MR) is 76.7 cm³/mol. The van der Waals surface area contributed by atoms with Gasteiger partial charge in [-0.15, -0.1) is 0 Å². The van der Waals surface area contributed by atoms with Crippen LogP contribution in [0.25, 0.3) is 0 Å². The van der Waals surface area contributed by atoms with E-state index in [9.17, 15) is 0 Å². The highest BCUT2D eigenvalue weighted by Crippen LogP contribution is 2.54. The van der Waals surface area contributed by atoms with E-state index in [-0.39, 0.29) is 0 Å². The molecule has 0 amide bonds. The maximum atomic E-state index is 8.83. The molecular formula is C17H17N3O. The van der Waals surface area contributed by atoms with Crippen molar-refractivity contribution in [3.05, 3.63) is 47.1 Å². The molecule has 1 heterocycles. The minimum atomic E-state index is 0.352. The molecule has 1 aromatic heterocycles. The summed E-state index contributed by atoms with van der Waals surface area (Å²) in [6, 6.07) is 9.97. The molecule has 1 aromatic carbocycles. The maximum Gasteiger partial charge on any atom is 0.230 e. The lowest BCUT2D eigenvalue weighted by Crippen LogP contribution is -1.98. The predicted octanol–water partition coefficient (Wildman–Crippen LogP) is 3.73. The van der Waals surface area contributed by atoms with E-state index < -0.39 is 0 Å². The molecule has 21 heavy (non-hydrogen) atoms. The zero-order chi connectivity index (χ0) is 14.4. The van der Waals surface area contributed by atoms with E-state index in [1.807, 2.05) is 24.3 Å². The third-order valence-corrected chi connectivity index (χ3v) is 4.77. The molecule has 0 saturated heterocycles. The molecule has 0 aliphatic heterocycles. The number of aromatic nitrogens is 2. The van der Waals surface area contributed by atoms with Crippen molar-refractivity contribution in [2.75, 3.05) is 0 Å². The molecule has 0 N–H and O–H groups in total. The van der Waals surface area contributed by atoms with Gasteiger partial charge in [0.2, 0.25) is 5.89 Å². The first-order chi connectivity index (χ1) is 10.3. The normalized spacial score (nSPS) is 25.3. The van der Waals surface area contributed by atoms with Gasteiger partial charge in [0, 0.05) is 11.8 Å². The Morgan fingerprint density at radius 3 is 2.67 bits per heavy atom. The van der Waals surface area contributed by atoms with Crippen LogP contribution < -0.4 is 0 Å². The van der Waals surface area contributed by atoms with Gasteiger partial charge in [0.1, 0.15) is 0 Å². The largest absolute Gasteiger partial charge is 0.339 e. The van der Waals surface area contributed by atoms with Crippen molar-refractivity contribution in [1.82, 2.24) is 10.1 Å².